The summed E-state index contributed by atoms with van der Waals surface area (Å²) in [4.78, 5) is 10.0. The van der Waals surface area contributed by atoms with Crippen molar-refractivity contribution in [1.29, 1.82) is 0 Å². The molecule has 0 spiro atoms. The largest absolute Gasteiger partial charge is 0.771 e. The van der Waals surface area contributed by atoms with E-state index >= 15 is 0 Å². The smallest absolute Gasteiger partial charge is 0.223 e. The number of carbonyl (C=O) groups excluding carboxylic acids is 1. The minimum absolute atomic E-state index is 0.121. The molecule has 1 N–H and O–H groups in total. The van der Waals surface area contributed by atoms with Gasteiger partial charge in [0, 0.05) is 0 Å². The van der Waals surface area contributed by atoms with Crippen molar-refractivity contribution in [2.45, 2.75) is 11.8 Å². The quantitative estimate of drug-likeness (QED) is 0.358. The molecule has 1 aliphatic heterocycles. The van der Waals surface area contributed by atoms with Crippen LogP contribution in [-0.4, -0.2) is 20.0 Å². The van der Waals surface area contributed by atoms with E-state index in [0.29, 0.717) is 0 Å². The summed E-state index contributed by atoms with van der Waals surface area (Å²) in [5.41, 5.74) is 0. The van der Waals surface area contributed by atoms with Crippen molar-refractivity contribution in [2.24, 2.45) is 0 Å². The van der Waals surface area contributed by atoms with Crippen LogP contribution >= 0.6 is 0 Å². The zero-order chi connectivity index (χ0) is 6.15. The van der Waals surface area contributed by atoms with Gasteiger partial charge in [0.1, 0.15) is 5.37 Å². The first kappa shape index (κ1) is 5.71. The normalized spacial score (nSPS) is 30.6. The molecule has 1 saturated heterocycles. The van der Waals surface area contributed by atoms with Crippen molar-refractivity contribution < 1.29 is 13.6 Å². The third kappa shape index (κ3) is 0.873. The lowest BCUT2D eigenvalue weighted by molar-refractivity contribution is -0.126. The predicted octanol–water partition coefficient (Wildman–Crippen LogP) is -1.29. The molecule has 0 radical (unpaired) electrons. The molecular formula is C3H4NO3S-. The fourth-order valence-corrected chi connectivity index (χ4v) is 0.958. The van der Waals surface area contributed by atoms with Crippen LogP contribution in [0.5, 0.6) is 0 Å². The zero-order valence-electron chi connectivity index (χ0n) is 3.92. The number of nitrogens with one attached hydrogen (secondary N) is 1. The van der Waals surface area contributed by atoms with Crippen molar-refractivity contribution in [3.63, 3.8) is 0 Å². The Hall–Kier alpha value is -0.420. The first-order chi connectivity index (χ1) is 3.70. The minimum atomic E-state index is -2.13. The average Bonchev–Trinajstić information content (AvgIpc) is 1.57. The summed E-state index contributed by atoms with van der Waals surface area (Å²) >= 11 is -2.13. The third-order valence-electron chi connectivity index (χ3n) is 0.925. The lowest BCUT2D eigenvalue weighted by Gasteiger charge is -2.28. The summed E-state index contributed by atoms with van der Waals surface area (Å²) in [6.45, 7) is 0. The number of carbonyl (C=O) groups is 1. The Morgan fingerprint density at radius 1 is 1.88 bits per heavy atom. The third-order valence-corrected chi connectivity index (χ3v) is 1.67. The van der Waals surface area contributed by atoms with Gasteiger partial charge < -0.3 is 9.87 Å². The highest BCUT2D eigenvalue weighted by Gasteiger charge is 2.25. The maximum absolute atomic E-state index is 10.0. The van der Waals surface area contributed by atoms with E-state index in [4.69, 9.17) is 0 Å². The standard InChI is InChI=1S/C3H5NO3S/c5-2-1-3(4-2)8(6)7/h3H,1H2,(H,4,5)(H,6,7)/p-1. The van der Waals surface area contributed by atoms with Gasteiger partial charge in [0.05, 0.1) is 6.42 Å². The van der Waals surface area contributed by atoms with Crippen LogP contribution in [0.4, 0.5) is 0 Å². The molecule has 1 amide bonds. The van der Waals surface area contributed by atoms with Gasteiger partial charge in [-0.05, 0) is 11.1 Å². The summed E-state index contributed by atoms with van der Waals surface area (Å²) in [5, 5.41) is 1.57. The number of hydrogen-bond donors (Lipinski definition) is 1. The Balaban J connectivity index is 2.35. The van der Waals surface area contributed by atoms with Crippen LogP contribution in [0, 0.1) is 0 Å². The van der Waals surface area contributed by atoms with Crippen molar-refractivity contribution in [2.75, 3.05) is 0 Å². The second-order valence-electron chi connectivity index (χ2n) is 1.52. The van der Waals surface area contributed by atoms with Crippen molar-refractivity contribution in [1.82, 2.24) is 5.32 Å². The first-order valence-corrected chi connectivity index (χ1v) is 3.21. The van der Waals surface area contributed by atoms with Crippen LogP contribution in [0.3, 0.4) is 0 Å². The summed E-state index contributed by atoms with van der Waals surface area (Å²) < 4.78 is 19.8. The van der Waals surface area contributed by atoms with Gasteiger partial charge in [-0.2, -0.15) is 0 Å². The summed E-state index contributed by atoms with van der Waals surface area (Å²) in [6, 6.07) is 0. The van der Waals surface area contributed by atoms with Crippen molar-refractivity contribution >= 4 is 17.0 Å². The monoisotopic (exact) mass is 134 g/mol. The fraction of sp³-hybridized carbons (Fsp3) is 0.667. The van der Waals surface area contributed by atoms with E-state index in [1.807, 2.05) is 0 Å². The molecule has 0 aliphatic carbocycles. The molecule has 0 aromatic carbocycles. The molecule has 46 valence electrons. The molecule has 0 aromatic rings. The fourth-order valence-electron chi connectivity index (χ4n) is 0.443. The lowest BCUT2D eigenvalue weighted by atomic mass is 10.3. The Morgan fingerprint density at radius 3 is 2.50 bits per heavy atom. The Labute approximate surface area is 48.6 Å². The van der Waals surface area contributed by atoms with Gasteiger partial charge in [0.15, 0.2) is 0 Å². The van der Waals surface area contributed by atoms with Crippen molar-refractivity contribution in [3.05, 3.63) is 0 Å². The molecule has 8 heavy (non-hydrogen) atoms. The highest BCUT2D eigenvalue weighted by atomic mass is 32.2. The topological polar surface area (TPSA) is 69.2 Å². The SMILES string of the molecule is O=C1CC(S(=O)[O-])N1. The number of β-lactam (4-membered cyclic amide) rings is 1. The van der Waals surface area contributed by atoms with Gasteiger partial charge in [0.2, 0.25) is 5.91 Å². The van der Waals surface area contributed by atoms with Crippen LogP contribution in [0.1, 0.15) is 6.42 Å². The van der Waals surface area contributed by atoms with Gasteiger partial charge in [-0.15, -0.1) is 0 Å². The van der Waals surface area contributed by atoms with Crippen LogP contribution in [0.25, 0.3) is 0 Å². The van der Waals surface area contributed by atoms with Crippen LogP contribution < -0.4 is 5.32 Å². The van der Waals surface area contributed by atoms with Crippen LogP contribution in [0.15, 0.2) is 0 Å². The Kier molecular flexibility index (Phi) is 1.31. The molecule has 2 unspecified atom stereocenters. The molecule has 1 rings (SSSR count). The predicted molar refractivity (Wildman–Crippen MR) is 25.5 cm³/mol. The molecule has 5 heteroatoms. The summed E-state index contributed by atoms with van der Waals surface area (Å²) in [5.74, 6) is -0.195. The van der Waals surface area contributed by atoms with E-state index in [2.05, 4.69) is 5.32 Å². The molecule has 2 atom stereocenters. The van der Waals surface area contributed by atoms with E-state index in [0.717, 1.165) is 0 Å². The number of hydrogen-bond acceptors (Lipinski definition) is 3. The Bertz CT molecular complexity index is 137. The molecule has 0 saturated carbocycles. The molecular weight excluding hydrogens is 130 g/mol. The average molecular weight is 134 g/mol. The van der Waals surface area contributed by atoms with Crippen LogP contribution in [-0.2, 0) is 15.9 Å². The van der Waals surface area contributed by atoms with Gasteiger partial charge in [0.25, 0.3) is 0 Å². The second-order valence-corrected chi connectivity index (χ2v) is 2.61. The highest BCUT2D eigenvalue weighted by Crippen LogP contribution is 2.05. The molecule has 1 heterocycles. The van der Waals surface area contributed by atoms with E-state index in [9.17, 15) is 13.6 Å². The van der Waals surface area contributed by atoms with Gasteiger partial charge in [-0.1, -0.05) is 0 Å². The van der Waals surface area contributed by atoms with Gasteiger partial charge in [-0.25, -0.2) is 0 Å². The lowest BCUT2D eigenvalue weighted by Crippen LogP contribution is -2.50. The Morgan fingerprint density at radius 2 is 2.38 bits per heavy atom. The van der Waals surface area contributed by atoms with Crippen LogP contribution in [0.2, 0.25) is 0 Å². The highest BCUT2D eigenvalue weighted by molar-refractivity contribution is 7.79. The summed E-state index contributed by atoms with van der Waals surface area (Å²) in [7, 11) is 0. The van der Waals surface area contributed by atoms with E-state index in [1.165, 1.54) is 0 Å². The maximum atomic E-state index is 10.0. The molecule has 0 aromatic heterocycles. The molecule has 1 aliphatic rings. The second kappa shape index (κ2) is 1.83. The van der Waals surface area contributed by atoms with E-state index in [-0.39, 0.29) is 12.3 Å². The molecule has 0 bridgehead atoms. The number of rotatable bonds is 1. The minimum Gasteiger partial charge on any atom is -0.771 e. The van der Waals surface area contributed by atoms with Gasteiger partial charge >= 0.3 is 0 Å². The van der Waals surface area contributed by atoms with E-state index < -0.39 is 16.5 Å². The number of amides is 1. The maximum Gasteiger partial charge on any atom is 0.223 e. The summed E-state index contributed by atoms with van der Waals surface area (Å²) in [6.07, 6.45) is 0.121. The van der Waals surface area contributed by atoms with Gasteiger partial charge in [-0.3, -0.25) is 9.00 Å². The first-order valence-electron chi connectivity index (χ1n) is 2.07. The molecule has 4 nitrogen and oxygen atoms in total. The van der Waals surface area contributed by atoms with Crippen molar-refractivity contribution in [3.8, 4) is 0 Å². The zero-order valence-corrected chi connectivity index (χ0v) is 4.73. The molecule has 1 fully saturated rings. The van der Waals surface area contributed by atoms with E-state index in [1.54, 1.807) is 0 Å².